The molecule has 0 bridgehead atoms. The molecular weight excluding hydrogens is 148 g/mol. The smallest absolute Gasteiger partial charge is 0.0971 e. The number of hydrogen-bond acceptors (Lipinski definition) is 1. The van der Waals surface area contributed by atoms with Gasteiger partial charge in [0, 0.05) is 5.92 Å². The highest BCUT2D eigenvalue weighted by Gasteiger charge is 2.23. The molecule has 2 nitrogen and oxygen atoms in total. The van der Waals surface area contributed by atoms with Gasteiger partial charge in [0.2, 0.25) is 0 Å². The van der Waals surface area contributed by atoms with Gasteiger partial charge >= 0.3 is 0 Å². The molecule has 0 radical (unpaired) electrons. The topological polar surface area (TPSA) is 38.4 Å². The van der Waals surface area contributed by atoms with E-state index in [1.807, 2.05) is 0 Å². The number of nitrogens with two attached hydrogens (primary N) is 1. The maximum absolute atomic E-state index is 5.94. The molecule has 0 atom stereocenters. The van der Waals surface area contributed by atoms with Crippen molar-refractivity contribution >= 4 is 5.84 Å². The van der Waals surface area contributed by atoms with Crippen LogP contribution in [0.2, 0.25) is 0 Å². The minimum atomic E-state index is 0.604. The normalized spacial score (nSPS) is 27.5. The Morgan fingerprint density at radius 3 is 2.25 bits per heavy atom. The second-order valence-corrected chi connectivity index (χ2v) is 4.12. The average Bonchev–Trinajstić information content (AvgIpc) is 2.90. The zero-order valence-corrected chi connectivity index (χ0v) is 7.63. The molecule has 0 aromatic rings. The van der Waals surface area contributed by atoms with Crippen molar-refractivity contribution in [2.24, 2.45) is 16.6 Å². The van der Waals surface area contributed by atoms with E-state index in [4.69, 9.17) is 5.73 Å². The van der Waals surface area contributed by atoms with Gasteiger partial charge in [-0.3, -0.25) is 4.99 Å². The maximum Gasteiger partial charge on any atom is 0.0971 e. The first-order valence-corrected chi connectivity index (χ1v) is 5.19. The monoisotopic (exact) mass is 166 g/mol. The van der Waals surface area contributed by atoms with Gasteiger partial charge in [0.05, 0.1) is 11.9 Å². The molecule has 2 aliphatic rings. The predicted molar refractivity (Wildman–Crippen MR) is 51.2 cm³/mol. The molecule has 12 heavy (non-hydrogen) atoms. The van der Waals surface area contributed by atoms with Crippen LogP contribution in [0, 0.1) is 5.92 Å². The van der Waals surface area contributed by atoms with E-state index in [1.54, 1.807) is 0 Å². The third-order valence-corrected chi connectivity index (χ3v) is 2.90. The van der Waals surface area contributed by atoms with Crippen molar-refractivity contribution < 1.29 is 0 Å². The third kappa shape index (κ3) is 1.99. The largest absolute Gasteiger partial charge is 0.387 e. The summed E-state index contributed by atoms with van der Waals surface area (Å²) in [7, 11) is 0. The van der Waals surface area contributed by atoms with E-state index in [1.165, 1.54) is 44.9 Å². The SMILES string of the molecule is NC(=NC1CC1)C1CCCCC1. The van der Waals surface area contributed by atoms with E-state index in [0.717, 1.165) is 5.84 Å². The Kier molecular flexibility index (Phi) is 2.33. The third-order valence-electron chi connectivity index (χ3n) is 2.90. The van der Waals surface area contributed by atoms with Crippen LogP contribution in [-0.4, -0.2) is 11.9 Å². The summed E-state index contributed by atoms with van der Waals surface area (Å²) in [5.41, 5.74) is 5.94. The van der Waals surface area contributed by atoms with Crippen LogP contribution in [0.5, 0.6) is 0 Å². The molecule has 0 spiro atoms. The summed E-state index contributed by atoms with van der Waals surface area (Å²) in [6.45, 7) is 0. The number of rotatable bonds is 2. The lowest BCUT2D eigenvalue weighted by atomic mass is 9.88. The number of nitrogens with zero attached hydrogens (tertiary/aromatic N) is 1. The lowest BCUT2D eigenvalue weighted by Gasteiger charge is -2.20. The minimum Gasteiger partial charge on any atom is -0.387 e. The molecule has 2 fully saturated rings. The molecule has 0 saturated heterocycles. The van der Waals surface area contributed by atoms with Crippen molar-refractivity contribution in [1.29, 1.82) is 0 Å². The van der Waals surface area contributed by atoms with Crippen LogP contribution in [0.1, 0.15) is 44.9 Å². The fourth-order valence-electron chi connectivity index (χ4n) is 1.92. The van der Waals surface area contributed by atoms with Gasteiger partial charge in [-0.15, -0.1) is 0 Å². The van der Waals surface area contributed by atoms with Crippen LogP contribution >= 0.6 is 0 Å². The summed E-state index contributed by atoms with van der Waals surface area (Å²) in [4.78, 5) is 4.51. The van der Waals surface area contributed by atoms with Crippen LogP contribution < -0.4 is 5.73 Å². The first kappa shape index (κ1) is 8.09. The number of hydrogen-bond donors (Lipinski definition) is 1. The Morgan fingerprint density at radius 1 is 1.00 bits per heavy atom. The van der Waals surface area contributed by atoms with Gasteiger partial charge in [0.1, 0.15) is 0 Å². The minimum absolute atomic E-state index is 0.604. The van der Waals surface area contributed by atoms with Gasteiger partial charge in [-0.1, -0.05) is 19.3 Å². The highest BCUT2D eigenvalue weighted by molar-refractivity contribution is 5.83. The average molecular weight is 166 g/mol. The fourth-order valence-corrected chi connectivity index (χ4v) is 1.92. The Balaban J connectivity index is 1.87. The van der Waals surface area contributed by atoms with E-state index in [-0.39, 0.29) is 0 Å². The van der Waals surface area contributed by atoms with Gasteiger partial charge in [-0.05, 0) is 25.7 Å². The van der Waals surface area contributed by atoms with Gasteiger partial charge in [0.25, 0.3) is 0 Å². The molecule has 0 aromatic carbocycles. The zero-order valence-electron chi connectivity index (χ0n) is 7.63. The number of aliphatic imine (C=N–C) groups is 1. The summed E-state index contributed by atoms with van der Waals surface area (Å²) < 4.78 is 0. The van der Waals surface area contributed by atoms with Gasteiger partial charge in [0.15, 0.2) is 0 Å². The van der Waals surface area contributed by atoms with Crippen molar-refractivity contribution in [3.8, 4) is 0 Å². The second kappa shape index (κ2) is 3.46. The quantitative estimate of drug-likeness (QED) is 0.495. The van der Waals surface area contributed by atoms with Gasteiger partial charge in [-0.2, -0.15) is 0 Å². The molecule has 2 aliphatic carbocycles. The number of amidine groups is 1. The van der Waals surface area contributed by atoms with E-state index in [0.29, 0.717) is 12.0 Å². The standard InChI is InChI=1S/C10H18N2/c11-10(12-9-6-7-9)8-4-2-1-3-5-8/h8-9H,1-7H2,(H2,11,12). The molecule has 0 aromatic heterocycles. The fraction of sp³-hybridized carbons (Fsp3) is 0.900. The predicted octanol–water partition coefficient (Wildman–Crippen LogP) is 2.09. The second-order valence-electron chi connectivity index (χ2n) is 4.12. The summed E-state index contributed by atoms with van der Waals surface area (Å²) in [6, 6.07) is 0.604. The highest BCUT2D eigenvalue weighted by Crippen LogP contribution is 2.27. The molecule has 0 heterocycles. The first-order chi connectivity index (χ1) is 5.86. The van der Waals surface area contributed by atoms with Crippen LogP contribution in [-0.2, 0) is 0 Å². The lowest BCUT2D eigenvalue weighted by Crippen LogP contribution is -2.26. The summed E-state index contributed by atoms with van der Waals surface area (Å²) >= 11 is 0. The Morgan fingerprint density at radius 2 is 1.67 bits per heavy atom. The van der Waals surface area contributed by atoms with Crippen LogP contribution in [0.25, 0.3) is 0 Å². The Bertz CT molecular complexity index is 176. The molecule has 2 rings (SSSR count). The molecule has 0 unspecified atom stereocenters. The van der Waals surface area contributed by atoms with Crippen LogP contribution in [0.4, 0.5) is 0 Å². The zero-order chi connectivity index (χ0) is 8.39. The van der Waals surface area contributed by atoms with E-state index >= 15 is 0 Å². The van der Waals surface area contributed by atoms with E-state index in [2.05, 4.69) is 4.99 Å². The summed E-state index contributed by atoms with van der Waals surface area (Å²) in [5, 5.41) is 0. The molecule has 0 amide bonds. The van der Waals surface area contributed by atoms with Crippen LogP contribution in [0.3, 0.4) is 0 Å². The lowest BCUT2D eigenvalue weighted by molar-refractivity contribution is 0.436. The van der Waals surface area contributed by atoms with Crippen molar-refractivity contribution in [2.75, 3.05) is 0 Å². The van der Waals surface area contributed by atoms with Crippen LogP contribution in [0.15, 0.2) is 4.99 Å². The highest BCUT2D eigenvalue weighted by atomic mass is 14.9. The van der Waals surface area contributed by atoms with Crippen molar-refractivity contribution in [1.82, 2.24) is 0 Å². The molecule has 0 aliphatic heterocycles. The molecular formula is C10H18N2. The summed E-state index contributed by atoms with van der Waals surface area (Å²) in [5.74, 6) is 1.58. The molecule has 68 valence electrons. The van der Waals surface area contributed by atoms with Crippen molar-refractivity contribution in [2.45, 2.75) is 51.0 Å². The van der Waals surface area contributed by atoms with Gasteiger partial charge < -0.3 is 5.73 Å². The molecule has 2 heteroatoms. The van der Waals surface area contributed by atoms with Gasteiger partial charge in [-0.25, -0.2) is 0 Å². The molecule has 2 saturated carbocycles. The van der Waals surface area contributed by atoms with E-state index < -0.39 is 0 Å². The Labute approximate surface area is 74.2 Å². The van der Waals surface area contributed by atoms with Crippen molar-refractivity contribution in [3.63, 3.8) is 0 Å². The van der Waals surface area contributed by atoms with Crippen molar-refractivity contribution in [3.05, 3.63) is 0 Å². The Hall–Kier alpha value is -0.530. The maximum atomic E-state index is 5.94. The summed E-state index contributed by atoms with van der Waals surface area (Å²) in [6.07, 6.45) is 9.20. The van der Waals surface area contributed by atoms with E-state index in [9.17, 15) is 0 Å². The molecule has 2 N–H and O–H groups in total. The first-order valence-electron chi connectivity index (χ1n) is 5.19.